The molecule has 7 nitrogen and oxygen atoms in total. The fourth-order valence-electron chi connectivity index (χ4n) is 3.21. The van der Waals surface area contributed by atoms with Crippen molar-refractivity contribution in [2.45, 2.75) is 39.2 Å². The normalized spacial score (nSPS) is 15.1. The topological polar surface area (TPSA) is 99.3 Å². The van der Waals surface area contributed by atoms with Crippen LogP contribution in [0.3, 0.4) is 0 Å². The first-order valence-corrected chi connectivity index (χ1v) is 10.6. The molecule has 0 aliphatic heterocycles. The second-order valence-electron chi connectivity index (χ2n) is 7.25. The number of aryl methyl sites for hydroxylation is 1. The van der Waals surface area contributed by atoms with Crippen LogP contribution in [0.5, 0.6) is 0 Å². The molecule has 4 amide bonds. The van der Waals surface area contributed by atoms with E-state index in [2.05, 4.69) is 28.4 Å². The second-order valence-corrected chi connectivity index (χ2v) is 8.39. The van der Waals surface area contributed by atoms with Crippen LogP contribution in [-0.2, 0) is 24.2 Å². The van der Waals surface area contributed by atoms with Crippen LogP contribution >= 0.6 is 11.3 Å². The third kappa shape index (κ3) is 6.32. The molecule has 0 fully saturated rings. The predicted molar refractivity (Wildman–Crippen MR) is 112 cm³/mol. The van der Waals surface area contributed by atoms with Gasteiger partial charge in [0.2, 0.25) is 5.91 Å². The first kappa shape index (κ1) is 20.9. The molecule has 1 aliphatic carbocycles. The molecule has 1 aliphatic rings. The van der Waals surface area contributed by atoms with E-state index in [1.807, 2.05) is 36.4 Å². The molecule has 1 aromatic heterocycles. The average molecular weight is 415 g/mol. The molecule has 2 aromatic rings. The Balaban J connectivity index is 1.32. The van der Waals surface area contributed by atoms with E-state index in [9.17, 15) is 14.4 Å². The third-order valence-corrected chi connectivity index (χ3v) is 6.05. The molecule has 0 bridgehead atoms. The van der Waals surface area contributed by atoms with E-state index in [4.69, 9.17) is 0 Å². The highest BCUT2D eigenvalue weighted by molar-refractivity contribution is 7.14. The summed E-state index contributed by atoms with van der Waals surface area (Å²) in [6.07, 6.45) is 3.31. The number of carbonyl (C=O) groups excluding carboxylic acids is 3. The lowest BCUT2D eigenvalue weighted by molar-refractivity contribution is -0.121. The number of fused-ring (bicyclic) bond motifs is 1. The van der Waals surface area contributed by atoms with Crippen molar-refractivity contribution in [1.82, 2.24) is 21.5 Å². The number of hydrogen-bond acceptors (Lipinski definition) is 4. The molecule has 29 heavy (non-hydrogen) atoms. The summed E-state index contributed by atoms with van der Waals surface area (Å²) in [7, 11) is 0. The molecule has 1 aromatic carbocycles. The maximum Gasteiger partial charge on any atom is 0.333 e. The van der Waals surface area contributed by atoms with Gasteiger partial charge in [0.25, 0.3) is 5.91 Å². The molecule has 0 saturated heterocycles. The molecular formula is C21H26N4O3S. The Kier molecular flexibility index (Phi) is 7.24. The zero-order chi connectivity index (χ0) is 20.6. The van der Waals surface area contributed by atoms with E-state index in [-0.39, 0.29) is 24.8 Å². The minimum atomic E-state index is -0.552. The summed E-state index contributed by atoms with van der Waals surface area (Å²) in [6.45, 7) is 2.84. The lowest BCUT2D eigenvalue weighted by Gasteiger charge is -2.16. The number of nitrogens with one attached hydrogen (secondary N) is 4. The fraction of sp³-hybridized carbons (Fsp3) is 0.381. The largest absolute Gasteiger partial charge is 0.352 e. The summed E-state index contributed by atoms with van der Waals surface area (Å²) >= 11 is 1.49. The van der Waals surface area contributed by atoms with Crippen LogP contribution in [0.1, 0.15) is 45.4 Å². The number of hydrazine groups is 1. The van der Waals surface area contributed by atoms with E-state index in [1.165, 1.54) is 21.8 Å². The molecule has 1 heterocycles. The third-order valence-electron chi connectivity index (χ3n) is 4.81. The molecule has 1 unspecified atom stereocenters. The van der Waals surface area contributed by atoms with Crippen molar-refractivity contribution in [1.29, 1.82) is 0 Å². The maximum absolute atomic E-state index is 12.2. The number of carbonyl (C=O) groups is 3. The van der Waals surface area contributed by atoms with Crippen LogP contribution in [0.15, 0.2) is 36.4 Å². The zero-order valence-electron chi connectivity index (χ0n) is 16.4. The highest BCUT2D eigenvalue weighted by Gasteiger charge is 2.20. The maximum atomic E-state index is 12.2. The Hall–Kier alpha value is -2.87. The lowest BCUT2D eigenvalue weighted by Crippen LogP contribution is -2.47. The van der Waals surface area contributed by atoms with Crippen molar-refractivity contribution < 1.29 is 14.4 Å². The average Bonchev–Trinajstić information content (AvgIpc) is 3.14. The molecule has 0 radical (unpaired) electrons. The van der Waals surface area contributed by atoms with E-state index in [1.54, 1.807) is 0 Å². The summed E-state index contributed by atoms with van der Waals surface area (Å²) < 4.78 is 0. The summed E-state index contributed by atoms with van der Waals surface area (Å²) in [5.74, 6) is 0.159. The molecule has 0 saturated carbocycles. The minimum Gasteiger partial charge on any atom is -0.352 e. The predicted octanol–water partition coefficient (Wildman–Crippen LogP) is 2.52. The first-order chi connectivity index (χ1) is 14.0. The van der Waals surface area contributed by atoms with E-state index in [0.717, 1.165) is 24.8 Å². The molecule has 3 rings (SSSR count). The molecule has 4 N–H and O–H groups in total. The SMILES string of the molecule is CC1CCc2sc(C(=O)NNC(=O)NCCC(=O)NCc3ccccc3)cc2C1. The Bertz CT molecular complexity index is 866. The summed E-state index contributed by atoms with van der Waals surface area (Å²) in [5.41, 5.74) is 6.99. The van der Waals surface area contributed by atoms with Gasteiger partial charge < -0.3 is 10.6 Å². The van der Waals surface area contributed by atoms with Gasteiger partial charge in [-0.25, -0.2) is 10.2 Å². The number of hydrogen-bond donors (Lipinski definition) is 4. The van der Waals surface area contributed by atoms with Crippen molar-refractivity contribution in [3.8, 4) is 0 Å². The zero-order valence-corrected chi connectivity index (χ0v) is 17.2. The van der Waals surface area contributed by atoms with E-state index < -0.39 is 6.03 Å². The van der Waals surface area contributed by atoms with Gasteiger partial charge in [0, 0.05) is 24.4 Å². The monoisotopic (exact) mass is 414 g/mol. The highest BCUT2D eigenvalue weighted by Crippen LogP contribution is 2.32. The first-order valence-electron chi connectivity index (χ1n) is 9.77. The number of amides is 4. The van der Waals surface area contributed by atoms with Gasteiger partial charge in [-0.05, 0) is 42.4 Å². The number of rotatable bonds is 6. The van der Waals surface area contributed by atoms with Crippen LogP contribution in [-0.4, -0.2) is 24.4 Å². The standard InChI is InChI=1S/C21H26N4O3S/c1-14-7-8-17-16(11-14)12-18(29-17)20(27)24-25-21(28)22-10-9-19(26)23-13-15-5-3-2-4-6-15/h2-6,12,14H,7-11,13H2,1H3,(H,23,26)(H,24,27)(H2,22,25,28). The van der Waals surface area contributed by atoms with Crippen molar-refractivity contribution in [3.05, 3.63) is 57.3 Å². The summed E-state index contributed by atoms with van der Waals surface area (Å²) in [4.78, 5) is 37.7. The van der Waals surface area contributed by atoms with Gasteiger partial charge in [-0.1, -0.05) is 37.3 Å². The quantitative estimate of drug-likeness (QED) is 0.547. The van der Waals surface area contributed by atoms with E-state index >= 15 is 0 Å². The number of urea groups is 1. The van der Waals surface area contributed by atoms with Crippen LogP contribution in [0.4, 0.5) is 4.79 Å². The second kappa shape index (κ2) is 10.1. The molecule has 154 valence electrons. The minimum absolute atomic E-state index is 0.156. The van der Waals surface area contributed by atoms with Gasteiger partial charge in [-0.3, -0.25) is 15.0 Å². The van der Waals surface area contributed by atoms with Crippen molar-refractivity contribution >= 4 is 29.2 Å². The Morgan fingerprint density at radius 1 is 1.10 bits per heavy atom. The molecule has 0 spiro atoms. The number of benzene rings is 1. The molecule has 8 heteroatoms. The highest BCUT2D eigenvalue weighted by atomic mass is 32.1. The molecular weight excluding hydrogens is 388 g/mol. The number of thiophene rings is 1. The van der Waals surface area contributed by atoms with Crippen LogP contribution < -0.4 is 21.5 Å². The van der Waals surface area contributed by atoms with Gasteiger partial charge in [0.05, 0.1) is 4.88 Å². The van der Waals surface area contributed by atoms with Gasteiger partial charge in [-0.15, -0.1) is 11.3 Å². The van der Waals surface area contributed by atoms with Crippen molar-refractivity contribution in [2.24, 2.45) is 5.92 Å². The Morgan fingerprint density at radius 3 is 2.69 bits per heavy atom. The lowest BCUT2D eigenvalue weighted by atomic mass is 9.90. The Morgan fingerprint density at radius 2 is 1.90 bits per heavy atom. The fourth-order valence-corrected chi connectivity index (χ4v) is 4.32. The van der Waals surface area contributed by atoms with Crippen molar-refractivity contribution in [3.63, 3.8) is 0 Å². The summed E-state index contributed by atoms with van der Waals surface area (Å²) in [6, 6.07) is 11.0. The van der Waals surface area contributed by atoms with Gasteiger partial charge in [-0.2, -0.15) is 0 Å². The van der Waals surface area contributed by atoms with Crippen LogP contribution in [0.25, 0.3) is 0 Å². The van der Waals surface area contributed by atoms with Crippen molar-refractivity contribution in [2.75, 3.05) is 6.54 Å². The molecule has 1 atom stereocenters. The van der Waals surface area contributed by atoms with E-state index in [0.29, 0.717) is 17.3 Å². The summed E-state index contributed by atoms with van der Waals surface area (Å²) in [5, 5.41) is 5.34. The Labute approximate surface area is 174 Å². The smallest absolute Gasteiger partial charge is 0.333 e. The van der Waals surface area contributed by atoms with Crippen LogP contribution in [0, 0.1) is 5.92 Å². The van der Waals surface area contributed by atoms with Gasteiger partial charge in [0.1, 0.15) is 0 Å². The van der Waals surface area contributed by atoms with Crippen LogP contribution in [0.2, 0.25) is 0 Å². The van der Waals surface area contributed by atoms with Gasteiger partial charge in [0.15, 0.2) is 0 Å². The van der Waals surface area contributed by atoms with Gasteiger partial charge >= 0.3 is 6.03 Å².